The van der Waals surface area contributed by atoms with Crippen LogP contribution in [0.3, 0.4) is 0 Å². The lowest BCUT2D eigenvalue weighted by molar-refractivity contribution is 0.563. The van der Waals surface area contributed by atoms with Gasteiger partial charge in [0.25, 0.3) is 0 Å². The number of allylic oxidation sites excluding steroid dienone is 6. The van der Waals surface area contributed by atoms with Crippen LogP contribution in [0.1, 0.15) is 25.7 Å². The van der Waals surface area contributed by atoms with E-state index in [4.69, 9.17) is 0 Å². The van der Waals surface area contributed by atoms with Gasteiger partial charge in [0.2, 0.25) is 0 Å². The predicted octanol–water partition coefficient (Wildman–Crippen LogP) is 3.04. The number of rotatable bonds is 1. The summed E-state index contributed by atoms with van der Waals surface area (Å²) < 4.78 is 0. The molecule has 14 heavy (non-hydrogen) atoms. The number of nitrogens with one attached hydrogen (secondary N) is 1. The lowest BCUT2D eigenvalue weighted by Crippen LogP contribution is -2.09. The summed E-state index contributed by atoms with van der Waals surface area (Å²) in [6.07, 6.45) is 15.9. The van der Waals surface area contributed by atoms with E-state index in [1.54, 1.807) is 11.1 Å². The Bertz CT molecular complexity index is 369. The molecule has 0 amide bonds. The van der Waals surface area contributed by atoms with Gasteiger partial charge in [0.05, 0.1) is 0 Å². The summed E-state index contributed by atoms with van der Waals surface area (Å²) in [6.45, 7) is 0. The fraction of sp³-hybridized carbons (Fsp3) is 0.385. The molecule has 1 heterocycles. The van der Waals surface area contributed by atoms with Gasteiger partial charge >= 0.3 is 0 Å². The maximum atomic E-state index is 3.37. The largest absolute Gasteiger partial charge is 0.361 e. The lowest BCUT2D eigenvalue weighted by Gasteiger charge is -2.14. The van der Waals surface area contributed by atoms with Crippen molar-refractivity contribution in [3.8, 4) is 0 Å². The Morgan fingerprint density at radius 3 is 2.93 bits per heavy atom. The van der Waals surface area contributed by atoms with Gasteiger partial charge in [-0.15, -0.1) is 0 Å². The highest BCUT2D eigenvalue weighted by atomic mass is 14.9. The smallest absolute Gasteiger partial charge is 0.0411 e. The van der Waals surface area contributed by atoms with Crippen molar-refractivity contribution in [2.75, 3.05) is 0 Å². The van der Waals surface area contributed by atoms with Crippen LogP contribution in [-0.2, 0) is 0 Å². The van der Waals surface area contributed by atoms with Crippen LogP contribution in [-0.4, -0.2) is 0 Å². The molecule has 0 aromatic rings. The third-order valence-corrected chi connectivity index (χ3v) is 3.45. The van der Waals surface area contributed by atoms with E-state index in [1.807, 2.05) is 12.3 Å². The highest BCUT2D eigenvalue weighted by molar-refractivity contribution is 5.43. The molecule has 3 aliphatic rings. The van der Waals surface area contributed by atoms with Crippen LogP contribution in [0.5, 0.6) is 0 Å². The molecule has 1 atom stereocenters. The molecule has 3 rings (SSSR count). The summed E-state index contributed by atoms with van der Waals surface area (Å²) in [4.78, 5) is 0. The second-order valence-electron chi connectivity index (χ2n) is 4.36. The summed E-state index contributed by atoms with van der Waals surface area (Å²) in [5, 5.41) is 3.37. The van der Waals surface area contributed by atoms with Gasteiger partial charge in [0.1, 0.15) is 0 Å². The summed E-state index contributed by atoms with van der Waals surface area (Å²) in [6, 6.07) is 0. The fourth-order valence-corrected chi connectivity index (χ4v) is 2.76. The predicted molar refractivity (Wildman–Crippen MR) is 58.5 cm³/mol. The van der Waals surface area contributed by atoms with Gasteiger partial charge in [0.15, 0.2) is 0 Å². The average Bonchev–Trinajstić information content (AvgIpc) is 2.72. The zero-order valence-electron chi connectivity index (χ0n) is 8.29. The molecule has 2 bridgehead atoms. The summed E-state index contributed by atoms with van der Waals surface area (Å²) in [5.74, 6) is 0.957. The Balaban J connectivity index is 1.92. The second kappa shape index (κ2) is 3.16. The van der Waals surface area contributed by atoms with E-state index in [0.717, 1.165) is 5.92 Å². The van der Waals surface area contributed by atoms with E-state index in [0.29, 0.717) is 0 Å². The van der Waals surface area contributed by atoms with Crippen LogP contribution in [0, 0.1) is 5.92 Å². The van der Waals surface area contributed by atoms with Crippen molar-refractivity contribution < 1.29 is 0 Å². The van der Waals surface area contributed by atoms with Gasteiger partial charge in [0, 0.05) is 11.9 Å². The van der Waals surface area contributed by atoms with Crippen molar-refractivity contribution in [1.82, 2.24) is 5.32 Å². The van der Waals surface area contributed by atoms with Gasteiger partial charge in [-0.3, -0.25) is 0 Å². The van der Waals surface area contributed by atoms with E-state index < -0.39 is 0 Å². The molecule has 1 heteroatoms. The molecule has 2 aliphatic carbocycles. The quantitative estimate of drug-likeness (QED) is 0.662. The number of hydrogen-bond donors (Lipinski definition) is 1. The van der Waals surface area contributed by atoms with Crippen molar-refractivity contribution in [2.24, 2.45) is 5.92 Å². The van der Waals surface area contributed by atoms with E-state index >= 15 is 0 Å². The van der Waals surface area contributed by atoms with Crippen molar-refractivity contribution in [3.63, 3.8) is 0 Å². The summed E-state index contributed by atoms with van der Waals surface area (Å²) in [5.41, 5.74) is 4.63. The van der Waals surface area contributed by atoms with E-state index in [1.165, 1.54) is 31.4 Å². The molecule has 0 aromatic heterocycles. The Kier molecular flexibility index (Phi) is 1.83. The zero-order chi connectivity index (χ0) is 9.38. The molecule has 0 aromatic carbocycles. The van der Waals surface area contributed by atoms with Crippen LogP contribution in [0.15, 0.2) is 47.3 Å². The van der Waals surface area contributed by atoms with Crippen LogP contribution in [0.2, 0.25) is 0 Å². The van der Waals surface area contributed by atoms with Gasteiger partial charge in [-0.05, 0) is 49.3 Å². The highest BCUT2D eigenvalue weighted by Crippen LogP contribution is 2.46. The maximum Gasteiger partial charge on any atom is 0.0411 e. The van der Waals surface area contributed by atoms with Crippen molar-refractivity contribution in [1.29, 1.82) is 0 Å². The maximum absolute atomic E-state index is 3.37. The van der Waals surface area contributed by atoms with Crippen molar-refractivity contribution >= 4 is 0 Å². The molecule has 0 spiro atoms. The van der Waals surface area contributed by atoms with Crippen LogP contribution >= 0.6 is 0 Å². The molecular formula is C13H15N. The third-order valence-electron chi connectivity index (χ3n) is 3.45. The molecule has 1 unspecified atom stereocenters. The Hall–Kier alpha value is -1.24. The molecule has 0 saturated heterocycles. The van der Waals surface area contributed by atoms with E-state index in [-0.39, 0.29) is 0 Å². The normalized spacial score (nSPS) is 29.1. The minimum Gasteiger partial charge on any atom is -0.361 e. The molecule has 1 nitrogen and oxygen atoms in total. The van der Waals surface area contributed by atoms with Crippen LogP contribution < -0.4 is 5.32 Å². The number of hydrogen-bond acceptors (Lipinski definition) is 1. The Morgan fingerprint density at radius 1 is 1.14 bits per heavy atom. The van der Waals surface area contributed by atoms with Gasteiger partial charge in [-0.2, -0.15) is 0 Å². The fourth-order valence-electron chi connectivity index (χ4n) is 2.76. The lowest BCUT2D eigenvalue weighted by atomic mass is 9.96. The summed E-state index contributed by atoms with van der Waals surface area (Å²) in [7, 11) is 0. The molecule has 1 N–H and O–H groups in total. The minimum absolute atomic E-state index is 0.957. The first kappa shape index (κ1) is 8.10. The molecule has 0 radical (unpaired) electrons. The molecule has 1 aliphatic heterocycles. The highest BCUT2D eigenvalue weighted by Gasteiger charge is 2.31. The average molecular weight is 185 g/mol. The van der Waals surface area contributed by atoms with Gasteiger partial charge < -0.3 is 5.32 Å². The first-order valence-electron chi connectivity index (χ1n) is 5.45. The van der Waals surface area contributed by atoms with E-state index in [2.05, 4.69) is 23.5 Å². The topological polar surface area (TPSA) is 12.0 Å². The Morgan fingerprint density at radius 2 is 2.14 bits per heavy atom. The first-order valence-corrected chi connectivity index (χ1v) is 5.45. The SMILES string of the molecule is C1=CC=C(C2=C3CCC(C3)C2)NC=C1. The van der Waals surface area contributed by atoms with Crippen LogP contribution in [0.25, 0.3) is 0 Å². The standard InChI is InChI=1S/C13H15N/c1-2-4-13(14-7-3-1)12-9-10-5-6-11(12)8-10/h1-4,7,10,14H,5-6,8-9H2. The minimum atomic E-state index is 0.957. The first-order chi connectivity index (χ1) is 6.93. The third kappa shape index (κ3) is 1.24. The number of fused-ring (bicyclic) bond motifs is 2. The van der Waals surface area contributed by atoms with Gasteiger partial charge in [-0.1, -0.05) is 17.7 Å². The second-order valence-corrected chi connectivity index (χ2v) is 4.36. The molecule has 1 saturated carbocycles. The van der Waals surface area contributed by atoms with Crippen molar-refractivity contribution in [2.45, 2.75) is 25.7 Å². The Labute approximate surface area is 84.9 Å². The molecule has 1 fully saturated rings. The summed E-state index contributed by atoms with van der Waals surface area (Å²) >= 11 is 0. The molecular weight excluding hydrogens is 170 g/mol. The van der Waals surface area contributed by atoms with Gasteiger partial charge in [-0.25, -0.2) is 0 Å². The van der Waals surface area contributed by atoms with Crippen LogP contribution in [0.4, 0.5) is 0 Å². The molecule has 72 valence electrons. The van der Waals surface area contributed by atoms with Crippen molar-refractivity contribution in [3.05, 3.63) is 47.3 Å². The monoisotopic (exact) mass is 185 g/mol. The van der Waals surface area contributed by atoms with E-state index in [9.17, 15) is 0 Å². The zero-order valence-corrected chi connectivity index (χ0v) is 8.29.